The van der Waals surface area contributed by atoms with Gasteiger partial charge in [-0.3, -0.25) is 4.79 Å². The van der Waals surface area contributed by atoms with Crippen molar-refractivity contribution in [1.29, 1.82) is 0 Å². The topological polar surface area (TPSA) is 97.0 Å². The van der Waals surface area contributed by atoms with Crippen LogP contribution in [0.5, 0.6) is 0 Å². The number of carbonyl (C=O) groups excluding carboxylic acids is 1. The molecule has 0 bridgehead atoms. The van der Waals surface area contributed by atoms with Crippen molar-refractivity contribution in [2.24, 2.45) is 5.73 Å². The van der Waals surface area contributed by atoms with Crippen molar-refractivity contribution in [2.45, 2.75) is 0 Å². The molecule has 1 saturated heterocycles. The van der Waals surface area contributed by atoms with E-state index >= 15 is 0 Å². The molecule has 80 valence electrons. The summed E-state index contributed by atoms with van der Waals surface area (Å²) < 4.78 is 0. The van der Waals surface area contributed by atoms with Gasteiger partial charge in [0, 0.05) is 26.2 Å². The Labute approximate surface area is 86.7 Å². The van der Waals surface area contributed by atoms with Crippen LogP contribution in [0.25, 0.3) is 0 Å². The van der Waals surface area contributed by atoms with Crippen LogP contribution in [0.2, 0.25) is 0 Å². The van der Waals surface area contributed by atoms with Gasteiger partial charge < -0.3 is 16.0 Å². The Morgan fingerprint density at radius 3 is 2.67 bits per heavy atom. The summed E-state index contributed by atoms with van der Waals surface area (Å²) >= 11 is 0. The molecule has 1 aliphatic rings. The van der Waals surface area contributed by atoms with Crippen molar-refractivity contribution < 1.29 is 4.79 Å². The summed E-state index contributed by atoms with van der Waals surface area (Å²) in [4.78, 5) is 16.8. The highest BCUT2D eigenvalue weighted by Gasteiger charge is 2.13. The van der Waals surface area contributed by atoms with Gasteiger partial charge in [0.15, 0.2) is 5.69 Å². The number of piperazine rings is 1. The third-order valence-electron chi connectivity index (χ3n) is 2.20. The van der Waals surface area contributed by atoms with E-state index in [1.165, 1.54) is 6.20 Å². The number of nitrogens with zero attached hydrogens (tertiary/aromatic N) is 4. The van der Waals surface area contributed by atoms with Gasteiger partial charge in [0.05, 0.1) is 6.20 Å². The minimum absolute atomic E-state index is 0.0916. The summed E-state index contributed by atoms with van der Waals surface area (Å²) in [6, 6.07) is 0. The van der Waals surface area contributed by atoms with Crippen LogP contribution < -0.4 is 16.0 Å². The van der Waals surface area contributed by atoms with Gasteiger partial charge in [-0.2, -0.15) is 0 Å². The highest BCUT2D eigenvalue weighted by atomic mass is 16.1. The van der Waals surface area contributed by atoms with Crippen molar-refractivity contribution in [1.82, 2.24) is 20.5 Å². The third-order valence-corrected chi connectivity index (χ3v) is 2.20. The quantitative estimate of drug-likeness (QED) is 0.606. The predicted octanol–water partition coefficient (Wildman–Crippen LogP) is -1.62. The molecule has 0 saturated carbocycles. The van der Waals surface area contributed by atoms with Crippen LogP contribution in [-0.2, 0) is 0 Å². The fraction of sp³-hybridized carbons (Fsp3) is 0.500. The van der Waals surface area contributed by atoms with E-state index in [4.69, 9.17) is 5.73 Å². The Bertz CT molecular complexity index is 345. The molecule has 0 spiro atoms. The van der Waals surface area contributed by atoms with E-state index in [9.17, 15) is 4.79 Å². The Kier molecular flexibility index (Phi) is 2.72. The van der Waals surface area contributed by atoms with Crippen molar-refractivity contribution in [3.05, 3.63) is 11.9 Å². The fourth-order valence-electron chi connectivity index (χ4n) is 1.39. The number of hydrogen-bond donors (Lipinski definition) is 2. The van der Waals surface area contributed by atoms with Gasteiger partial charge in [-0.05, 0) is 0 Å². The van der Waals surface area contributed by atoms with Gasteiger partial charge in [0.2, 0.25) is 5.95 Å². The molecule has 1 aromatic rings. The van der Waals surface area contributed by atoms with E-state index in [1.807, 2.05) is 4.90 Å². The number of anilines is 1. The average Bonchev–Trinajstić information content (AvgIpc) is 2.30. The number of rotatable bonds is 2. The molecule has 1 aromatic heterocycles. The first-order chi connectivity index (χ1) is 7.27. The summed E-state index contributed by atoms with van der Waals surface area (Å²) in [6.07, 6.45) is 1.35. The maximum Gasteiger partial charge on any atom is 0.270 e. The molecular formula is C8H12N6O. The number of nitrogens with one attached hydrogen (secondary N) is 1. The van der Waals surface area contributed by atoms with Gasteiger partial charge in [0.25, 0.3) is 5.91 Å². The molecule has 7 nitrogen and oxygen atoms in total. The summed E-state index contributed by atoms with van der Waals surface area (Å²) in [7, 11) is 0. The number of amides is 1. The SMILES string of the molecule is NC(=O)c1cnc(N2CCNCC2)nn1. The summed E-state index contributed by atoms with van der Waals surface area (Å²) in [5.41, 5.74) is 5.13. The minimum atomic E-state index is -0.609. The van der Waals surface area contributed by atoms with Crippen molar-refractivity contribution in [2.75, 3.05) is 31.1 Å². The number of primary amides is 1. The summed E-state index contributed by atoms with van der Waals surface area (Å²) in [5, 5.41) is 10.8. The van der Waals surface area contributed by atoms with E-state index < -0.39 is 5.91 Å². The average molecular weight is 208 g/mol. The van der Waals surface area contributed by atoms with Crippen LogP contribution >= 0.6 is 0 Å². The first-order valence-electron chi connectivity index (χ1n) is 4.72. The summed E-state index contributed by atoms with van der Waals surface area (Å²) in [6.45, 7) is 3.50. The zero-order valence-corrected chi connectivity index (χ0v) is 8.18. The normalized spacial score (nSPS) is 16.4. The number of aromatic nitrogens is 3. The lowest BCUT2D eigenvalue weighted by molar-refractivity contribution is 0.0994. The largest absolute Gasteiger partial charge is 0.364 e. The van der Waals surface area contributed by atoms with Crippen molar-refractivity contribution >= 4 is 11.9 Å². The Balaban J connectivity index is 2.11. The highest BCUT2D eigenvalue weighted by molar-refractivity contribution is 5.90. The lowest BCUT2D eigenvalue weighted by Crippen LogP contribution is -2.44. The Morgan fingerprint density at radius 1 is 1.40 bits per heavy atom. The van der Waals surface area contributed by atoms with E-state index in [2.05, 4.69) is 20.5 Å². The van der Waals surface area contributed by atoms with Crippen molar-refractivity contribution in [3.63, 3.8) is 0 Å². The van der Waals surface area contributed by atoms with Crippen LogP contribution in [0.1, 0.15) is 10.5 Å². The van der Waals surface area contributed by atoms with Crippen LogP contribution in [0.15, 0.2) is 6.20 Å². The number of nitrogens with two attached hydrogens (primary N) is 1. The van der Waals surface area contributed by atoms with Gasteiger partial charge in [0.1, 0.15) is 0 Å². The maximum atomic E-state index is 10.7. The zero-order chi connectivity index (χ0) is 10.7. The minimum Gasteiger partial charge on any atom is -0.364 e. The van der Waals surface area contributed by atoms with Gasteiger partial charge in [-0.25, -0.2) is 4.98 Å². The lowest BCUT2D eigenvalue weighted by atomic mass is 10.4. The Morgan fingerprint density at radius 2 is 2.13 bits per heavy atom. The lowest BCUT2D eigenvalue weighted by Gasteiger charge is -2.26. The molecule has 0 atom stereocenters. The van der Waals surface area contributed by atoms with Gasteiger partial charge >= 0.3 is 0 Å². The molecule has 0 unspecified atom stereocenters. The monoisotopic (exact) mass is 208 g/mol. The molecular weight excluding hydrogens is 196 g/mol. The van der Waals surface area contributed by atoms with E-state index in [0.29, 0.717) is 5.95 Å². The van der Waals surface area contributed by atoms with E-state index in [0.717, 1.165) is 26.2 Å². The van der Waals surface area contributed by atoms with Crippen LogP contribution in [-0.4, -0.2) is 47.3 Å². The zero-order valence-electron chi connectivity index (χ0n) is 8.18. The third kappa shape index (κ3) is 2.18. The van der Waals surface area contributed by atoms with Gasteiger partial charge in [-0.1, -0.05) is 0 Å². The molecule has 3 N–H and O–H groups in total. The molecule has 0 radical (unpaired) electrons. The van der Waals surface area contributed by atoms with Crippen LogP contribution in [0.4, 0.5) is 5.95 Å². The first kappa shape index (κ1) is 9.78. The Hall–Kier alpha value is -1.76. The first-order valence-corrected chi connectivity index (χ1v) is 4.72. The standard InChI is InChI=1S/C8H12N6O/c9-7(15)6-5-11-8(13-12-6)14-3-1-10-2-4-14/h5,10H,1-4H2,(H2,9,15). The predicted molar refractivity (Wildman–Crippen MR) is 53.4 cm³/mol. The second-order valence-corrected chi connectivity index (χ2v) is 3.24. The number of carbonyl (C=O) groups is 1. The highest BCUT2D eigenvalue weighted by Crippen LogP contribution is 2.05. The maximum absolute atomic E-state index is 10.7. The summed E-state index contributed by atoms with van der Waals surface area (Å²) in [5.74, 6) is -0.0663. The van der Waals surface area contributed by atoms with Crippen molar-refractivity contribution in [3.8, 4) is 0 Å². The molecule has 15 heavy (non-hydrogen) atoms. The molecule has 1 amide bonds. The number of hydrogen-bond acceptors (Lipinski definition) is 6. The molecule has 7 heteroatoms. The molecule has 0 aromatic carbocycles. The van der Waals surface area contributed by atoms with Crippen LogP contribution in [0.3, 0.4) is 0 Å². The molecule has 0 aliphatic carbocycles. The molecule has 1 fully saturated rings. The molecule has 1 aliphatic heterocycles. The molecule has 2 heterocycles. The fourth-order valence-corrected chi connectivity index (χ4v) is 1.39. The smallest absolute Gasteiger partial charge is 0.270 e. The van der Waals surface area contributed by atoms with Crippen LogP contribution in [0, 0.1) is 0 Å². The van der Waals surface area contributed by atoms with E-state index in [-0.39, 0.29) is 5.69 Å². The van der Waals surface area contributed by atoms with Gasteiger partial charge in [-0.15, -0.1) is 10.2 Å². The molecule has 2 rings (SSSR count). The second kappa shape index (κ2) is 4.18. The van der Waals surface area contributed by atoms with E-state index in [1.54, 1.807) is 0 Å². The second-order valence-electron chi connectivity index (χ2n) is 3.24.